The Morgan fingerprint density at radius 2 is 1.82 bits per heavy atom. The van der Waals surface area contributed by atoms with Crippen LogP contribution < -0.4 is 10.6 Å². The predicted molar refractivity (Wildman–Crippen MR) is 104 cm³/mol. The quantitative estimate of drug-likeness (QED) is 0.616. The molecule has 3 heterocycles. The highest BCUT2D eigenvalue weighted by atomic mass is 35.5. The molecule has 0 saturated carbocycles. The maximum atomic E-state index is 12.8. The van der Waals surface area contributed by atoms with Crippen molar-refractivity contribution in [2.24, 2.45) is 0 Å². The lowest BCUT2D eigenvalue weighted by atomic mass is 10.0. The van der Waals surface area contributed by atoms with Crippen molar-refractivity contribution in [2.45, 2.75) is 18.3 Å². The maximum absolute atomic E-state index is 12.8. The third kappa shape index (κ3) is 3.89. The summed E-state index contributed by atoms with van der Waals surface area (Å²) in [5.74, 6) is 0.585. The molecular formula is C19H18ClF3N4O. The van der Waals surface area contributed by atoms with Crippen molar-refractivity contribution < 1.29 is 18.3 Å². The highest BCUT2D eigenvalue weighted by Gasteiger charge is 2.30. The van der Waals surface area contributed by atoms with Crippen molar-refractivity contribution in [3.8, 4) is 11.1 Å². The molecular weight excluding hydrogens is 393 g/mol. The zero-order valence-electron chi connectivity index (χ0n) is 14.6. The third-order valence-electron chi connectivity index (χ3n) is 4.67. The minimum absolute atomic E-state index is 0. The van der Waals surface area contributed by atoms with Gasteiger partial charge in [-0.1, -0.05) is 12.1 Å². The van der Waals surface area contributed by atoms with Crippen LogP contribution in [0.1, 0.15) is 5.56 Å². The number of halogens is 4. The van der Waals surface area contributed by atoms with Gasteiger partial charge >= 0.3 is 6.18 Å². The van der Waals surface area contributed by atoms with E-state index in [0.29, 0.717) is 35.6 Å². The standard InChI is InChI=1S/C19H17F3N4O.ClH/c20-19(21,22)12-5-3-11(4-6-12)14-8-25-18(13-2-1-7-24-17(13)14)26-15-9-23-10-16(15)27;/h1-8,15-16,23,27H,9-10H2,(H,25,26);1H/t15-,16+;/m1./s1. The number of nitrogens with zero attached hydrogens (tertiary/aromatic N) is 2. The monoisotopic (exact) mass is 410 g/mol. The van der Waals surface area contributed by atoms with Crippen molar-refractivity contribution >= 4 is 29.1 Å². The van der Waals surface area contributed by atoms with E-state index >= 15 is 0 Å². The molecule has 0 spiro atoms. The Kier molecular flexibility index (Phi) is 5.74. The summed E-state index contributed by atoms with van der Waals surface area (Å²) >= 11 is 0. The van der Waals surface area contributed by atoms with Crippen molar-refractivity contribution in [1.82, 2.24) is 15.3 Å². The number of fused-ring (bicyclic) bond motifs is 1. The van der Waals surface area contributed by atoms with E-state index in [1.165, 1.54) is 12.1 Å². The summed E-state index contributed by atoms with van der Waals surface area (Å²) in [5, 5.41) is 17.1. The number of aromatic nitrogens is 2. The van der Waals surface area contributed by atoms with E-state index in [9.17, 15) is 18.3 Å². The number of hydrogen-bond acceptors (Lipinski definition) is 5. The first-order valence-corrected chi connectivity index (χ1v) is 8.50. The van der Waals surface area contributed by atoms with Gasteiger partial charge < -0.3 is 15.7 Å². The average molecular weight is 411 g/mol. The van der Waals surface area contributed by atoms with Crippen LogP contribution >= 0.6 is 12.4 Å². The first-order chi connectivity index (χ1) is 12.9. The Morgan fingerprint density at radius 3 is 2.46 bits per heavy atom. The zero-order chi connectivity index (χ0) is 19.0. The second kappa shape index (κ2) is 7.90. The molecule has 1 aliphatic rings. The van der Waals surface area contributed by atoms with Crippen LogP contribution in [0.25, 0.3) is 22.0 Å². The summed E-state index contributed by atoms with van der Waals surface area (Å²) < 4.78 is 38.4. The summed E-state index contributed by atoms with van der Waals surface area (Å²) in [7, 11) is 0. The van der Waals surface area contributed by atoms with Gasteiger partial charge in [-0.15, -0.1) is 12.4 Å². The number of anilines is 1. The minimum atomic E-state index is -4.37. The number of β-amino-alcohol motifs (C(OH)–C–C–N with tert-alkyl or cyclic N) is 1. The molecule has 1 aromatic carbocycles. The van der Waals surface area contributed by atoms with E-state index in [4.69, 9.17) is 0 Å². The largest absolute Gasteiger partial charge is 0.416 e. The lowest BCUT2D eigenvalue weighted by molar-refractivity contribution is -0.137. The van der Waals surface area contributed by atoms with Crippen molar-refractivity contribution in [3.05, 3.63) is 54.4 Å². The lowest BCUT2D eigenvalue weighted by Crippen LogP contribution is -2.32. The summed E-state index contributed by atoms with van der Waals surface area (Å²) in [5.41, 5.74) is 1.19. The van der Waals surface area contributed by atoms with Crippen molar-refractivity contribution in [2.75, 3.05) is 18.4 Å². The Morgan fingerprint density at radius 1 is 1.07 bits per heavy atom. The summed E-state index contributed by atoms with van der Waals surface area (Å²) in [6.07, 6.45) is -1.67. The second-order valence-electron chi connectivity index (χ2n) is 6.47. The number of alkyl halides is 3. The molecule has 4 rings (SSSR count). The predicted octanol–water partition coefficient (Wildman–Crippen LogP) is 3.48. The first-order valence-electron chi connectivity index (χ1n) is 8.50. The first kappa shape index (κ1) is 20.3. The molecule has 1 aliphatic heterocycles. The summed E-state index contributed by atoms with van der Waals surface area (Å²) in [6.45, 7) is 1.13. The van der Waals surface area contributed by atoms with Crippen LogP contribution in [0.2, 0.25) is 0 Å². The molecule has 0 bridgehead atoms. The van der Waals surface area contributed by atoms with Gasteiger partial charge in [0.25, 0.3) is 0 Å². The highest BCUT2D eigenvalue weighted by Crippen LogP contribution is 2.34. The van der Waals surface area contributed by atoms with Gasteiger partial charge in [0.15, 0.2) is 0 Å². The molecule has 0 radical (unpaired) electrons. The highest BCUT2D eigenvalue weighted by molar-refractivity contribution is 5.99. The minimum Gasteiger partial charge on any atom is -0.390 e. The molecule has 0 aliphatic carbocycles. The van der Waals surface area contributed by atoms with E-state index < -0.39 is 17.8 Å². The van der Waals surface area contributed by atoms with E-state index in [-0.39, 0.29) is 18.4 Å². The van der Waals surface area contributed by atoms with Crippen LogP contribution in [0.3, 0.4) is 0 Å². The number of rotatable bonds is 3. The molecule has 1 saturated heterocycles. The Hall–Kier alpha value is -2.42. The van der Waals surface area contributed by atoms with Gasteiger partial charge in [-0.2, -0.15) is 13.2 Å². The lowest BCUT2D eigenvalue weighted by Gasteiger charge is -2.18. The number of benzene rings is 1. The van der Waals surface area contributed by atoms with Gasteiger partial charge in [-0.25, -0.2) is 4.98 Å². The smallest absolute Gasteiger partial charge is 0.390 e. The molecule has 0 amide bonds. The van der Waals surface area contributed by atoms with Crippen molar-refractivity contribution in [1.29, 1.82) is 0 Å². The van der Waals surface area contributed by atoms with Crippen LogP contribution in [-0.4, -0.2) is 40.3 Å². The zero-order valence-corrected chi connectivity index (χ0v) is 15.4. The van der Waals surface area contributed by atoms with E-state index in [1.54, 1.807) is 18.5 Å². The van der Waals surface area contributed by atoms with Gasteiger partial charge in [0, 0.05) is 36.4 Å². The molecule has 9 heteroatoms. The fraction of sp³-hybridized carbons (Fsp3) is 0.263. The fourth-order valence-electron chi connectivity index (χ4n) is 3.22. The molecule has 28 heavy (non-hydrogen) atoms. The van der Waals surface area contributed by atoms with Crippen LogP contribution in [0.5, 0.6) is 0 Å². The van der Waals surface area contributed by atoms with Crippen molar-refractivity contribution in [3.63, 3.8) is 0 Å². The molecule has 3 aromatic rings. The molecule has 5 nitrogen and oxygen atoms in total. The third-order valence-corrected chi connectivity index (χ3v) is 4.67. The molecule has 2 aromatic heterocycles. The van der Waals surface area contributed by atoms with Gasteiger partial charge in [-0.3, -0.25) is 4.98 Å². The van der Waals surface area contributed by atoms with Gasteiger partial charge in [-0.05, 0) is 29.8 Å². The van der Waals surface area contributed by atoms with E-state index in [0.717, 1.165) is 17.5 Å². The normalized spacial score (nSPS) is 19.4. The number of pyridine rings is 2. The van der Waals surface area contributed by atoms with Crippen LogP contribution in [0, 0.1) is 0 Å². The topological polar surface area (TPSA) is 70.1 Å². The number of aliphatic hydroxyl groups is 1. The Balaban J connectivity index is 0.00000225. The Bertz CT molecular complexity index is 966. The van der Waals surface area contributed by atoms with Gasteiger partial charge in [0.05, 0.1) is 23.2 Å². The number of nitrogens with one attached hydrogen (secondary N) is 2. The van der Waals surface area contributed by atoms with Gasteiger partial charge in [0.2, 0.25) is 0 Å². The maximum Gasteiger partial charge on any atom is 0.416 e. The molecule has 1 fully saturated rings. The van der Waals surface area contributed by atoms with E-state index in [2.05, 4.69) is 20.6 Å². The Labute approximate surface area is 165 Å². The second-order valence-corrected chi connectivity index (χ2v) is 6.47. The fourth-order valence-corrected chi connectivity index (χ4v) is 3.22. The molecule has 3 N–H and O–H groups in total. The molecule has 2 atom stereocenters. The SMILES string of the molecule is Cl.O[C@H]1CNC[C@H]1Nc1ncc(-c2ccc(C(F)(F)F)cc2)c2ncccc12. The van der Waals surface area contributed by atoms with Crippen LogP contribution in [0.15, 0.2) is 48.8 Å². The van der Waals surface area contributed by atoms with E-state index in [1.807, 2.05) is 6.07 Å². The number of aliphatic hydroxyl groups excluding tert-OH is 1. The van der Waals surface area contributed by atoms with Crippen LogP contribution in [-0.2, 0) is 6.18 Å². The van der Waals surface area contributed by atoms with Gasteiger partial charge in [0.1, 0.15) is 5.82 Å². The average Bonchev–Trinajstić information content (AvgIpc) is 3.06. The van der Waals surface area contributed by atoms with Crippen LogP contribution in [0.4, 0.5) is 19.0 Å². The molecule has 148 valence electrons. The molecule has 0 unspecified atom stereocenters. The summed E-state index contributed by atoms with van der Waals surface area (Å²) in [6, 6.07) is 8.40. The number of hydrogen-bond donors (Lipinski definition) is 3. The summed E-state index contributed by atoms with van der Waals surface area (Å²) in [4.78, 5) is 8.84.